The summed E-state index contributed by atoms with van der Waals surface area (Å²) in [7, 11) is 3.48. The SMILES string of the molecule is COc1ccc(N(C)CCOC(=O)O)cc1. The Bertz CT molecular complexity index is 336. The van der Waals surface area contributed by atoms with Gasteiger partial charge in [-0.05, 0) is 24.3 Å². The van der Waals surface area contributed by atoms with Gasteiger partial charge in [-0.2, -0.15) is 0 Å². The van der Waals surface area contributed by atoms with Crippen molar-refractivity contribution >= 4 is 11.8 Å². The zero-order chi connectivity index (χ0) is 12.0. The average Bonchev–Trinajstić information content (AvgIpc) is 2.28. The number of carboxylic acid groups (broad SMARTS) is 1. The minimum atomic E-state index is -1.25. The molecule has 0 atom stereocenters. The van der Waals surface area contributed by atoms with Crippen molar-refractivity contribution in [3.8, 4) is 5.75 Å². The normalized spacial score (nSPS) is 9.62. The molecule has 1 rings (SSSR count). The number of hydrogen-bond donors (Lipinski definition) is 1. The molecule has 0 aliphatic carbocycles. The zero-order valence-electron chi connectivity index (χ0n) is 9.34. The predicted molar refractivity (Wildman–Crippen MR) is 60.2 cm³/mol. The molecule has 0 aromatic heterocycles. The molecule has 0 heterocycles. The van der Waals surface area contributed by atoms with E-state index < -0.39 is 6.16 Å². The molecule has 0 aliphatic rings. The Hall–Kier alpha value is -1.91. The molecule has 5 nitrogen and oxygen atoms in total. The largest absolute Gasteiger partial charge is 0.505 e. The zero-order valence-corrected chi connectivity index (χ0v) is 9.34. The summed E-state index contributed by atoms with van der Waals surface area (Å²) < 4.78 is 9.47. The van der Waals surface area contributed by atoms with Gasteiger partial charge in [0.1, 0.15) is 12.4 Å². The smallest absolute Gasteiger partial charge is 0.497 e. The fourth-order valence-electron chi connectivity index (χ4n) is 1.24. The lowest BCUT2D eigenvalue weighted by Crippen LogP contribution is -2.23. The summed E-state index contributed by atoms with van der Waals surface area (Å²) >= 11 is 0. The summed E-state index contributed by atoms with van der Waals surface area (Å²) in [5, 5.41) is 8.31. The predicted octanol–water partition coefficient (Wildman–Crippen LogP) is 1.83. The van der Waals surface area contributed by atoms with Gasteiger partial charge in [-0.1, -0.05) is 0 Å². The maximum atomic E-state index is 10.1. The van der Waals surface area contributed by atoms with Crippen LogP contribution >= 0.6 is 0 Å². The molecule has 0 amide bonds. The second-order valence-corrected chi connectivity index (χ2v) is 3.23. The maximum Gasteiger partial charge on any atom is 0.505 e. The number of methoxy groups -OCH3 is 1. The number of carbonyl (C=O) groups is 1. The third-order valence-corrected chi connectivity index (χ3v) is 2.17. The highest BCUT2D eigenvalue weighted by Gasteiger charge is 2.02. The summed E-state index contributed by atoms with van der Waals surface area (Å²) in [5.41, 5.74) is 0.981. The lowest BCUT2D eigenvalue weighted by atomic mass is 10.3. The minimum absolute atomic E-state index is 0.151. The van der Waals surface area contributed by atoms with E-state index in [4.69, 9.17) is 9.84 Å². The Morgan fingerprint density at radius 1 is 1.38 bits per heavy atom. The van der Waals surface area contributed by atoms with E-state index in [-0.39, 0.29) is 6.61 Å². The van der Waals surface area contributed by atoms with Gasteiger partial charge in [-0.15, -0.1) is 0 Å². The van der Waals surface area contributed by atoms with Crippen LogP contribution in [0.1, 0.15) is 0 Å². The van der Waals surface area contributed by atoms with E-state index in [2.05, 4.69) is 4.74 Å². The highest BCUT2D eigenvalue weighted by Crippen LogP contribution is 2.17. The van der Waals surface area contributed by atoms with E-state index in [1.807, 2.05) is 36.2 Å². The lowest BCUT2D eigenvalue weighted by molar-refractivity contribution is 0.0942. The molecule has 16 heavy (non-hydrogen) atoms. The van der Waals surface area contributed by atoms with Crippen LogP contribution in [-0.2, 0) is 4.74 Å². The Kier molecular flexibility index (Phi) is 4.44. The van der Waals surface area contributed by atoms with E-state index in [9.17, 15) is 4.79 Å². The summed E-state index contributed by atoms with van der Waals surface area (Å²) in [6.45, 7) is 0.663. The molecule has 0 radical (unpaired) electrons. The van der Waals surface area contributed by atoms with Crippen molar-refractivity contribution in [3.05, 3.63) is 24.3 Å². The lowest BCUT2D eigenvalue weighted by Gasteiger charge is -2.18. The Labute approximate surface area is 94.2 Å². The molecule has 0 bridgehead atoms. The van der Waals surface area contributed by atoms with Crippen molar-refractivity contribution in [2.45, 2.75) is 0 Å². The van der Waals surface area contributed by atoms with Gasteiger partial charge >= 0.3 is 6.16 Å². The molecule has 88 valence electrons. The van der Waals surface area contributed by atoms with Gasteiger partial charge in [0, 0.05) is 12.7 Å². The van der Waals surface area contributed by atoms with Gasteiger partial charge in [0.25, 0.3) is 0 Å². The third-order valence-electron chi connectivity index (χ3n) is 2.17. The van der Waals surface area contributed by atoms with E-state index >= 15 is 0 Å². The van der Waals surface area contributed by atoms with Gasteiger partial charge in [-0.25, -0.2) is 4.79 Å². The Balaban J connectivity index is 2.45. The first kappa shape index (κ1) is 12.2. The van der Waals surface area contributed by atoms with Crippen molar-refractivity contribution in [2.24, 2.45) is 0 Å². The number of anilines is 1. The Morgan fingerprint density at radius 3 is 2.50 bits per heavy atom. The molecule has 0 unspecified atom stereocenters. The van der Waals surface area contributed by atoms with E-state index in [1.54, 1.807) is 7.11 Å². The average molecular weight is 225 g/mol. The summed E-state index contributed by atoms with van der Waals surface area (Å²) in [6.07, 6.45) is -1.25. The molecule has 5 heteroatoms. The first-order valence-electron chi connectivity index (χ1n) is 4.84. The van der Waals surface area contributed by atoms with E-state index in [0.29, 0.717) is 6.54 Å². The van der Waals surface area contributed by atoms with Crippen molar-refractivity contribution in [3.63, 3.8) is 0 Å². The number of nitrogens with zero attached hydrogens (tertiary/aromatic N) is 1. The highest BCUT2D eigenvalue weighted by molar-refractivity contribution is 5.56. The molecule has 1 aromatic rings. The summed E-state index contributed by atoms with van der Waals surface area (Å²) in [5.74, 6) is 0.791. The molecule has 1 aromatic carbocycles. The third kappa shape index (κ3) is 3.68. The number of ether oxygens (including phenoxy) is 2. The fourth-order valence-corrected chi connectivity index (χ4v) is 1.24. The second kappa shape index (κ2) is 5.85. The van der Waals surface area contributed by atoms with Crippen LogP contribution in [0.5, 0.6) is 5.75 Å². The molecule has 0 fully saturated rings. The molecular formula is C11H15NO4. The van der Waals surface area contributed by atoms with Crippen LogP contribution in [0.15, 0.2) is 24.3 Å². The van der Waals surface area contributed by atoms with Gasteiger partial charge in [-0.3, -0.25) is 0 Å². The van der Waals surface area contributed by atoms with Crippen LogP contribution in [-0.4, -0.2) is 38.6 Å². The topological polar surface area (TPSA) is 59.0 Å². The Morgan fingerprint density at radius 2 is 2.00 bits per heavy atom. The van der Waals surface area contributed by atoms with Crippen LogP contribution in [0.2, 0.25) is 0 Å². The van der Waals surface area contributed by atoms with Crippen molar-refractivity contribution < 1.29 is 19.4 Å². The quantitative estimate of drug-likeness (QED) is 0.774. The minimum Gasteiger partial charge on any atom is -0.497 e. The van der Waals surface area contributed by atoms with Crippen molar-refractivity contribution in [1.82, 2.24) is 0 Å². The van der Waals surface area contributed by atoms with Gasteiger partial charge in [0.15, 0.2) is 0 Å². The standard InChI is InChI=1S/C11H15NO4/c1-12(7-8-16-11(13)14)9-3-5-10(15-2)6-4-9/h3-6H,7-8H2,1-2H3,(H,13,14). The number of hydrogen-bond acceptors (Lipinski definition) is 4. The van der Waals surface area contributed by atoms with Gasteiger partial charge in [0.2, 0.25) is 0 Å². The molecule has 0 aliphatic heterocycles. The van der Waals surface area contributed by atoms with Crippen LogP contribution in [0.3, 0.4) is 0 Å². The van der Waals surface area contributed by atoms with Crippen LogP contribution in [0, 0.1) is 0 Å². The molecule has 1 N–H and O–H groups in total. The van der Waals surface area contributed by atoms with E-state index in [1.165, 1.54) is 0 Å². The number of benzene rings is 1. The highest BCUT2D eigenvalue weighted by atomic mass is 16.7. The fraction of sp³-hybridized carbons (Fsp3) is 0.364. The summed E-state index contributed by atoms with van der Waals surface area (Å²) in [6, 6.07) is 7.51. The molecule has 0 saturated heterocycles. The second-order valence-electron chi connectivity index (χ2n) is 3.23. The van der Waals surface area contributed by atoms with Crippen LogP contribution in [0.4, 0.5) is 10.5 Å². The molecular weight excluding hydrogens is 210 g/mol. The van der Waals surface area contributed by atoms with Crippen LogP contribution in [0.25, 0.3) is 0 Å². The molecule has 0 spiro atoms. The monoisotopic (exact) mass is 225 g/mol. The van der Waals surface area contributed by atoms with Crippen LogP contribution < -0.4 is 9.64 Å². The maximum absolute atomic E-state index is 10.1. The van der Waals surface area contributed by atoms with Gasteiger partial charge in [0.05, 0.1) is 13.7 Å². The number of likely N-dealkylation sites (N-methyl/N-ethyl adjacent to an activating group) is 1. The number of rotatable bonds is 5. The first-order valence-corrected chi connectivity index (χ1v) is 4.84. The van der Waals surface area contributed by atoms with E-state index in [0.717, 1.165) is 11.4 Å². The first-order chi connectivity index (χ1) is 7.63. The summed E-state index contributed by atoms with van der Waals surface area (Å²) in [4.78, 5) is 12.0. The van der Waals surface area contributed by atoms with Crippen molar-refractivity contribution in [2.75, 3.05) is 32.2 Å². The van der Waals surface area contributed by atoms with Gasteiger partial charge < -0.3 is 19.5 Å². The molecule has 0 saturated carbocycles. The van der Waals surface area contributed by atoms with Crippen molar-refractivity contribution in [1.29, 1.82) is 0 Å².